The number of morpholine rings is 1. The SMILES string of the molecule is CC(C)C[C@H](N)CNc1c(-c2nc3ccc(N4CCOCC4)cc3[nH]2)cnc2ccccc12. The van der Waals surface area contributed by atoms with E-state index in [1.54, 1.807) is 0 Å². The second-order valence-electron chi connectivity index (χ2n) is 9.22. The van der Waals surface area contributed by atoms with Crippen LogP contribution in [0.25, 0.3) is 33.3 Å². The third kappa shape index (κ3) is 4.65. The summed E-state index contributed by atoms with van der Waals surface area (Å²) >= 11 is 0. The van der Waals surface area contributed by atoms with Crippen molar-refractivity contribution < 1.29 is 4.74 Å². The Hall–Kier alpha value is -3.16. The predicted molar refractivity (Wildman–Crippen MR) is 136 cm³/mol. The van der Waals surface area contributed by atoms with Crippen LogP contribution in [-0.4, -0.2) is 53.8 Å². The van der Waals surface area contributed by atoms with Crippen LogP contribution in [0.1, 0.15) is 20.3 Å². The van der Waals surface area contributed by atoms with Gasteiger partial charge in [-0.25, -0.2) is 4.98 Å². The number of hydrogen-bond donors (Lipinski definition) is 3. The van der Waals surface area contributed by atoms with E-state index < -0.39 is 0 Å². The number of hydrogen-bond acceptors (Lipinski definition) is 6. The van der Waals surface area contributed by atoms with Crippen molar-refractivity contribution in [2.45, 2.75) is 26.3 Å². The third-order valence-corrected chi connectivity index (χ3v) is 6.19. The van der Waals surface area contributed by atoms with E-state index in [1.807, 2.05) is 24.4 Å². The monoisotopic (exact) mass is 444 g/mol. The second kappa shape index (κ2) is 9.37. The summed E-state index contributed by atoms with van der Waals surface area (Å²) in [4.78, 5) is 15.5. The molecule has 4 N–H and O–H groups in total. The average molecular weight is 445 g/mol. The molecular weight excluding hydrogens is 412 g/mol. The number of rotatable bonds is 7. The molecule has 1 fully saturated rings. The Morgan fingerprint density at radius 3 is 2.76 bits per heavy atom. The predicted octanol–water partition coefficient (Wildman–Crippen LogP) is 4.40. The van der Waals surface area contributed by atoms with Crippen LogP contribution in [0.5, 0.6) is 0 Å². The molecule has 4 aromatic rings. The van der Waals surface area contributed by atoms with Crippen LogP contribution in [0.2, 0.25) is 0 Å². The van der Waals surface area contributed by atoms with Gasteiger partial charge in [-0.3, -0.25) is 4.98 Å². The Labute approximate surface area is 194 Å². The number of para-hydroxylation sites is 1. The van der Waals surface area contributed by atoms with Crippen LogP contribution in [0, 0.1) is 5.92 Å². The molecule has 0 bridgehead atoms. The number of aromatic amines is 1. The van der Waals surface area contributed by atoms with Crippen LogP contribution in [0.4, 0.5) is 11.4 Å². The smallest absolute Gasteiger partial charge is 0.142 e. The van der Waals surface area contributed by atoms with E-state index in [1.165, 1.54) is 5.69 Å². The number of H-pyrrole nitrogens is 1. The summed E-state index contributed by atoms with van der Waals surface area (Å²) in [6, 6.07) is 14.7. The third-order valence-electron chi connectivity index (χ3n) is 6.19. The largest absolute Gasteiger partial charge is 0.382 e. The first kappa shape index (κ1) is 21.7. The van der Waals surface area contributed by atoms with Gasteiger partial charge in [0.2, 0.25) is 0 Å². The molecule has 0 radical (unpaired) electrons. The Kier molecular flexibility index (Phi) is 6.15. The molecule has 0 amide bonds. The molecule has 0 spiro atoms. The van der Waals surface area contributed by atoms with E-state index in [0.29, 0.717) is 12.5 Å². The lowest BCUT2D eigenvalue weighted by Gasteiger charge is -2.28. The molecular formula is C26H32N6O. The molecule has 2 aromatic carbocycles. The Balaban J connectivity index is 1.51. The fourth-order valence-electron chi connectivity index (χ4n) is 4.58. The summed E-state index contributed by atoms with van der Waals surface area (Å²) in [5.74, 6) is 1.37. The van der Waals surface area contributed by atoms with E-state index in [2.05, 4.69) is 53.3 Å². The first-order valence-electron chi connectivity index (χ1n) is 11.8. The van der Waals surface area contributed by atoms with Crippen molar-refractivity contribution >= 4 is 33.3 Å². The molecule has 1 atom stereocenters. The number of imidazole rings is 1. The zero-order chi connectivity index (χ0) is 22.8. The lowest BCUT2D eigenvalue weighted by atomic mass is 10.0. The van der Waals surface area contributed by atoms with Gasteiger partial charge in [-0.1, -0.05) is 32.0 Å². The first-order valence-corrected chi connectivity index (χ1v) is 11.8. The molecule has 172 valence electrons. The van der Waals surface area contributed by atoms with Gasteiger partial charge < -0.3 is 25.7 Å². The highest BCUT2D eigenvalue weighted by atomic mass is 16.5. The van der Waals surface area contributed by atoms with Gasteiger partial charge in [-0.05, 0) is 36.6 Å². The van der Waals surface area contributed by atoms with Gasteiger partial charge in [0.1, 0.15) is 5.82 Å². The van der Waals surface area contributed by atoms with E-state index in [4.69, 9.17) is 20.4 Å². The quantitative estimate of drug-likeness (QED) is 0.391. The normalized spacial score (nSPS) is 15.5. The van der Waals surface area contributed by atoms with Crippen molar-refractivity contribution in [3.63, 3.8) is 0 Å². The number of aromatic nitrogens is 3. The molecule has 2 aromatic heterocycles. The minimum atomic E-state index is 0.0801. The maximum Gasteiger partial charge on any atom is 0.142 e. The summed E-state index contributed by atoms with van der Waals surface area (Å²) < 4.78 is 5.50. The van der Waals surface area contributed by atoms with Crippen molar-refractivity contribution in [1.29, 1.82) is 0 Å². The fraction of sp³-hybridized carbons (Fsp3) is 0.385. The summed E-state index contributed by atoms with van der Waals surface area (Å²) in [6.07, 6.45) is 2.87. The molecule has 0 aliphatic carbocycles. The van der Waals surface area contributed by atoms with Gasteiger partial charge in [-0.2, -0.15) is 0 Å². The summed E-state index contributed by atoms with van der Waals surface area (Å²) in [5, 5.41) is 4.69. The highest BCUT2D eigenvalue weighted by Gasteiger charge is 2.17. The number of anilines is 2. The van der Waals surface area contributed by atoms with Gasteiger partial charge in [0.05, 0.1) is 41.0 Å². The first-order chi connectivity index (χ1) is 16.1. The molecule has 7 nitrogen and oxygen atoms in total. The maximum atomic E-state index is 6.39. The molecule has 1 saturated heterocycles. The molecule has 5 rings (SSSR count). The molecule has 1 aliphatic heterocycles. The van der Waals surface area contributed by atoms with E-state index in [9.17, 15) is 0 Å². The molecule has 7 heteroatoms. The van der Waals surface area contributed by atoms with Crippen molar-refractivity contribution in [3.8, 4) is 11.4 Å². The van der Waals surface area contributed by atoms with E-state index in [-0.39, 0.29) is 6.04 Å². The number of ether oxygens (including phenoxy) is 1. The minimum absolute atomic E-state index is 0.0801. The topological polar surface area (TPSA) is 92.1 Å². The number of nitrogens with two attached hydrogens (primary N) is 1. The van der Waals surface area contributed by atoms with Crippen LogP contribution in [-0.2, 0) is 4.74 Å². The highest BCUT2D eigenvalue weighted by molar-refractivity contribution is 5.99. The van der Waals surface area contributed by atoms with Crippen molar-refractivity contribution in [2.24, 2.45) is 11.7 Å². The molecule has 0 saturated carbocycles. The van der Waals surface area contributed by atoms with Crippen LogP contribution < -0.4 is 16.0 Å². The van der Waals surface area contributed by atoms with Crippen LogP contribution in [0.3, 0.4) is 0 Å². The van der Waals surface area contributed by atoms with Gasteiger partial charge >= 0.3 is 0 Å². The number of nitrogens with one attached hydrogen (secondary N) is 2. The Bertz CT molecular complexity index is 1240. The summed E-state index contributed by atoms with van der Waals surface area (Å²) in [6.45, 7) is 8.45. The number of fused-ring (bicyclic) bond motifs is 2. The molecule has 33 heavy (non-hydrogen) atoms. The van der Waals surface area contributed by atoms with E-state index in [0.717, 1.165) is 71.7 Å². The summed E-state index contributed by atoms with van der Waals surface area (Å²) in [5.41, 5.74) is 12.5. The Morgan fingerprint density at radius 1 is 1.12 bits per heavy atom. The molecule has 3 heterocycles. The van der Waals surface area contributed by atoms with Crippen molar-refractivity contribution in [1.82, 2.24) is 15.0 Å². The average Bonchev–Trinajstić information content (AvgIpc) is 3.25. The standard InChI is InChI=1S/C26H32N6O/c1-17(2)13-18(27)15-29-25-20-5-3-4-6-22(20)28-16-21(25)26-30-23-8-7-19(14-24(23)31-26)32-9-11-33-12-10-32/h3-8,14,16-18H,9-13,15,27H2,1-2H3,(H,28,29)(H,30,31)/t18-/m0/s1. The van der Waals surface area contributed by atoms with Gasteiger partial charge in [-0.15, -0.1) is 0 Å². The zero-order valence-electron chi connectivity index (χ0n) is 19.3. The van der Waals surface area contributed by atoms with Gasteiger partial charge in [0.25, 0.3) is 0 Å². The highest BCUT2D eigenvalue weighted by Crippen LogP contribution is 2.34. The number of benzene rings is 2. The number of nitrogens with zero attached hydrogens (tertiary/aromatic N) is 3. The van der Waals surface area contributed by atoms with Crippen LogP contribution >= 0.6 is 0 Å². The lowest BCUT2D eigenvalue weighted by Crippen LogP contribution is -2.36. The Morgan fingerprint density at radius 2 is 1.94 bits per heavy atom. The number of pyridine rings is 1. The van der Waals surface area contributed by atoms with Gasteiger partial charge in [0, 0.05) is 42.9 Å². The zero-order valence-corrected chi connectivity index (χ0v) is 19.3. The van der Waals surface area contributed by atoms with E-state index >= 15 is 0 Å². The summed E-state index contributed by atoms with van der Waals surface area (Å²) in [7, 11) is 0. The van der Waals surface area contributed by atoms with Crippen LogP contribution in [0.15, 0.2) is 48.7 Å². The lowest BCUT2D eigenvalue weighted by molar-refractivity contribution is 0.122. The minimum Gasteiger partial charge on any atom is -0.382 e. The second-order valence-corrected chi connectivity index (χ2v) is 9.22. The van der Waals surface area contributed by atoms with Gasteiger partial charge in [0.15, 0.2) is 0 Å². The van der Waals surface area contributed by atoms with Crippen molar-refractivity contribution in [2.75, 3.05) is 43.1 Å². The van der Waals surface area contributed by atoms with Crippen molar-refractivity contribution in [3.05, 3.63) is 48.7 Å². The molecule has 1 aliphatic rings. The molecule has 0 unspecified atom stereocenters. The fourth-order valence-corrected chi connectivity index (χ4v) is 4.58. The maximum absolute atomic E-state index is 6.39.